The van der Waals surface area contributed by atoms with E-state index in [2.05, 4.69) is 22.2 Å². The lowest BCUT2D eigenvalue weighted by molar-refractivity contribution is -0.117. The standard InChI is InChI=1S/C26H29N5O3/c1-4-5-11-33-19-12-17(14-27-15-19)29-25-28-16-21-20-9-8-18(31-10-6-7-23(31)32)13-22(20)34-26(2,3)24(21)30-25/h8-9,12-16H,4-7,10-11H2,1-3H3,(H,28,29,30). The highest BCUT2D eigenvalue weighted by Crippen LogP contribution is 2.46. The number of amides is 1. The molecule has 0 radical (unpaired) electrons. The first-order valence-corrected chi connectivity index (χ1v) is 11.8. The SMILES string of the molecule is CCCCOc1cncc(Nc2ncc3c(n2)C(C)(C)Oc2cc(N4CCCC4=O)ccc2-3)c1. The van der Waals surface area contributed by atoms with Crippen molar-refractivity contribution in [1.29, 1.82) is 0 Å². The average molecular weight is 460 g/mol. The number of aromatic nitrogens is 3. The Kier molecular flexibility index (Phi) is 5.81. The van der Waals surface area contributed by atoms with Crippen LogP contribution in [0.3, 0.4) is 0 Å². The number of pyridine rings is 1. The molecule has 1 aromatic carbocycles. The first kappa shape index (κ1) is 22.1. The Morgan fingerprint density at radius 3 is 2.85 bits per heavy atom. The molecule has 1 amide bonds. The van der Waals surface area contributed by atoms with Crippen LogP contribution >= 0.6 is 0 Å². The molecule has 1 saturated heterocycles. The minimum Gasteiger partial charge on any atom is -0.492 e. The maximum absolute atomic E-state index is 12.2. The lowest BCUT2D eigenvalue weighted by Crippen LogP contribution is -2.31. The van der Waals surface area contributed by atoms with Gasteiger partial charge in [-0.1, -0.05) is 13.3 Å². The highest BCUT2D eigenvalue weighted by atomic mass is 16.5. The molecule has 5 rings (SSSR count). The number of carbonyl (C=O) groups excluding carboxylic acids is 1. The van der Waals surface area contributed by atoms with Crippen LogP contribution < -0.4 is 19.7 Å². The molecule has 1 fully saturated rings. The van der Waals surface area contributed by atoms with Crippen molar-refractivity contribution in [3.63, 3.8) is 0 Å². The third-order valence-corrected chi connectivity index (χ3v) is 6.10. The molecule has 176 valence electrons. The van der Waals surface area contributed by atoms with Gasteiger partial charge in [-0.25, -0.2) is 9.97 Å². The Labute approximate surface area is 199 Å². The van der Waals surface area contributed by atoms with Crippen molar-refractivity contribution in [3.05, 3.63) is 48.5 Å². The second-order valence-electron chi connectivity index (χ2n) is 9.13. The number of hydrogen-bond donors (Lipinski definition) is 1. The van der Waals surface area contributed by atoms with E-state index in [9.17, 15) is 4.79 Å². The summed E-state index contributed by atoms with van der Waals surface area (Å²) in [5.41, 5.74) is 3.59. The molecule has 2 aliphatic rings. The van der Waals surface area contributed by atoms with Crippen LogP contribution in [0, 0.1) is 0 Å². The van der Waals surface area contributed by atoms with Crippen LogP contribution in [-0.2, 0) is 10.4 Å². The lowest BCUT2D eigenvalue weighted by Gasteiger charge is -2.34. The summed E-state index contributed by atoms with van der Waals surface area (Å²) in [4.78, 5) is 27.6. The summed E-state index contributed by atoms with van der Waals surface area (Å²) in [5, 5.41) is 3.23. The first-order chi connectivity index (χ1) is 16.4. The quantitative estimate of drug-likeness (QED) is 0.485. The highest BCUT2D eigenvalue weighted by molar-refractivity contribution is 5.96. The molecule has 1 N–H and O–H groups in total. The predicted molar refractivity (Wildman–Crippen MR) is 131 cm³/mol. The summed E-state index contributed by atoms with van der Waals surface area (Å²) in [5.74, 6) is 2.07. The van der Waals surface area contributed by atoms with Gasteiger partial charge in [0, 0.05) is 48.1 Å². The number of hydrogen-bond acceptors (Lipinski definition) is 7. The molecule has 4 heterocycles. The number of carbonyl (C=O) groups is 1. The van der Waals surface area contributed by atoms with Crippen LogP contribution in [0.15, 0.2) is 42.9 Å². The van der Waals surface area contributed by atoms with Crippen LogP contribution in [0.25, 0.3) is 11.1 Å². The van der Waals surface area contributed by atoms with Crippen molar-refractivity contribution in [1.82, 2.24) is 15.0 Å². The second kappa shape index (κ2) is 8.93. The summed E-state index contributed by atoms with van der Waals surface area (Å²) in [6.07, 6.45) is 8.80. The monoisotopic (exact) mass is 459 g/mol. The predicted octanol–water partition coefficient (Wildman–Crippen LogP) is 5.22. The summed E-state index contributed by atoms with van der Waals surface area (Å²) < 4.78 is 12.1. The summed E-state index contributed by atoms with van der Waals surface area (Å²) in [6, 6.07) is 7.80. The Hall–Kier alpha value is -3.68. The van der Waals surface area contributed by atoms with Gasteiger partial charge in [0.2, 0.25) is 11.9 Å². The number of ether oxygens (including phenoxy) is 2. The maximum Gasteiger partial charge on any atom is 0.227 e. The van der Waals surface area contributed by atoms with Gasteiger partial charge in [0.25, 0.3) is 0 Å². The van der Waals surface area contributed by atoms with Crippen LogP contribution in [0.2, 0.25) is 0 Å². The first-order valence-electron chi connectivity index (χ1n) is 11.8. The van der Waals surface area contributed by atoms with Crippen LogP contribution in [-0.4, -0.2) is 34.0 Å². The van der Waals surface area contributed by atoms with Gasteiger partial charge in [-0.15, -0.1) is 0 Å². The molecule has 0 bridgehead atoms. The van der Waals surface area contributed by atoms with E-state index < -0.39 is 5.60 Å². The molecular weight excluding hydrogens is 430 g/mol. The minimum atomic E-state index is -0.668. The molecule has 0 atom stereocenters. The van der Waals surface area contributed by atoms with Crippen molar-refractivity contribution >= 4 is 23.2 Å². The maximum atomic E-state index is 12.2. The highest BCUT2D eigenvalue weighted by Gasteiger charge is 2.35. The van der Waals surface area contributed by atoms with Crippen LogP contribution in [0.4, 0.5) is 17.3 Å². The van der Waals surface area contributed by atoms with Gasteiger partial charge >= 0.3 is 0 Å². The number of rotatable bonds is 7. The third kappa shape index (κ3) is 4.27. The van der Waals surface area contributed by atoms with E-state index in [1.54, 1.807) is 12.4 Å². The zero-order chi connectivity index (χ0) is 23.7. The topological polar surface area (TPSA) is 89.5 Å². The number of benzene rings is 1. The van der Waals surface area contributed by atoms with Crippen molar-refractivity contribution in [3.8, 4) is 22.6 Å². The molecule has 0 saturated carbocycles. The smallest absolute Gasteiger partial charge is 0.227 e. The third-order valence-electron chi connectivity index (χ3n) is 6.10. The molecule has 2 aromatic heterocycles. The Bertz CT molecular complexity index is 1230. The van der Waals surface area contributed by atoms with Gasteiger partial charge in [0.15, 0.2) is 0 Å². The van der Waals surface area contributed by atoms with Crippen LogP contribution in [0.5, 0.6) is 11.5 Å². The van der Waals surface area contributed by atoms with Gasteiger partial charge < -0.3 is 19.7 Å². The largest absolute Gasteiger partial charge is 0.492 e. The van der Waals surface area contributed by atoms with Crippen molar-refractivity contribution in [2.75, 3.05) is 23.4 Å². The fourth-order valence-corrected chi connectivity index (χ4v) is 4.36. The van der Waals surface area contributed by atoms with E-state index in [0.717, 1.165) is 59.8 Å². The average Bonchev–Trinajstić information content (AvgIpc) is 3.25. The Balaban J connectivity index is 1.42. The molecule has 8 heteroatoms. The summed E-state index contributed by atoms with van der Waals surface area (Å²) in [7, 11) is 0. The van der Waals surface area contributed by atoms with E-state index >= 15 is 0 Å². The lowest BCUT2D eigenvalue weighted by atomic mass is 9.91. The second-order valence-corrected chi connectivity index (χ2v) is 9.13. The molecular formula is C26H29N5O3. The molecule has 0 aliphatic carbocycles. The fourth-order valence-electron chi connectivity index (χ4n) is 4.36. The fraction of sp³-hybridized carbons (Fsp3) is 0.385. The molecule has 0 spiro atoms. The van der Waals surface area contributed by atoms with Gasteiger partial charge in [0.1, 0.15) is 17.1 Å². The van der Waals surface area contributed by atoms with Crippen LogP contribution in [0.1, 0.15) is 52.1 Å². The van der Waals surface area contributed by atoms with E-state index in [-0.39, 0.29) is 5.91 Å². The number of anilines is 3. The number of unbranched alkanes of at least 4 members (excludes halogenated alkanes) is 1. The Morgan fingerprint density at radius 1 is 1.18 bits per heavy atom. The van der Waals surface area contributed by atoms with Gasteiger partial charge in [-0.05, 0) is 38.8 Å². The van der Waals surface area contributed by atoms with E-state index in [4.69, 9.17) is 14.5 Å². The molecule has 3 aromatic rings. The van der Waals surface area contributed by atoms with E-state index in [1.165, 1.54) is 0 Å². The van der Waals surface area contributed by atoms with Crippen molar-refractivity contribution < 1.29 is 14.3 Å². The molecule has 8 nitrogen and oxygen atoms in total. The summed E-state index contributed by atoms with van der Waals surface area (Å²) in [6.45, 7) is 7.51. The van der Waals surface area contributed by atoms with E-state index in [0.29, 0.717) is 24.7 Å². The molecule has 0 unspecified atom stereocenters. The Morgan fingerprint density at radius 2 is 2.06 bits per heavy atom. The van der Waals surface area contributed by atoms with Gasteiger partial charge in [0.05, 0.1) is 30.4 Å². The number of nitrogens with zero attached hydrogens (tertiary/aromatic N) is 4. The normalized spacial score (nSPS) is 16.0. The number of fused-ring (bicyclic) bond motifs is 3. The zero-order valence-electron chi connectivity index (χ0n) is 19.8. The van der Waals surface area contributed by atoms with Crippen molar-refractivity contribution in [2.45, 2.75) is 52.1 Å². The number of nitrogens with one attached hydrogen (secondary N) is 1. The summed E-state index contributed by atoms with van der Waals surface area (Å²) >= 11 is 0. The van der Waals surface area contributed by atoms with Gasteiger partial charge in [-0.3, -0.25) is 9.78 Å². The van der Waals surface area contributed by atoms with Gasteiger partial charge in [-0.2, -0.15) is 0 Å². The zero-order valence-corrected chi connectivity index (χ0v) is 19.8. The molecule has 34 heavy (non-hydrogen) atoms. The minimum absolute atomic E-state index is 0.156. The molecule has 2 aliphatic heterocycles. The van der Waals surface area contributed by atoms with E-state index in [1.807, 2.05) is 49.2 Å². The van der Waals surface area contributed by atoms with Crippen molar-refractivity contribution in [2.24, 2.45) is 0 Å².